The first-order valence-corrected chi connectivity index (χ1v) is 6.83. The van der Waals surface area contributed by atoms with Gasteiger partial charge in [-0.3, -0.25) is 4.79 Å². The van der Waals surface area contributed by atoms with Crippen LogP contribution in [-0.2, 0) is 10.3 Å². The highest BCUT2D eigenvalue weighted by Crippen LogP contribution is 2.37. The van der Waals surface area contributed by atoms with Crippen LogP contribution >= 0.6 is 12.4 Å². The Bertz CT molecular complexity index is 455. The van der Waals surface area contributed by atoms with Gasteiger partial charge in [-0.25, -0.2) is 0 Å². The Morgan fingerprint density at radius 1 is 1.40 bits per heavy atom. The fourth-order valence-corrected chi connectivity index (χ4v) is 2.47. The number of nitrogens with zero attached hydrogens (tertiary/aromatic N) is 2. The Hall–Kier alpha value is -1.14. The standard InChI is InChI=1S/C13H22N4O2.ClH/c1-8(9(2)14)11(18)16-13(6-4-5-7-13)12-15-10(3)19-17-12;/h8-9H,4-7,14H2,1-3H3,(H,16,18);1H. The highest BCUT2D eigenvalue weighted by molar-refractivity contribution is 5.85. The van der Waals surface area contributed by atoms with Crippen LogP contribution in [0.25, 0.3) is 0 Å². The van der Waals surface area contributed by atoms with E-state index < -0.39 is 5.54 Å². The molecule has 1 heterocycles. The van der Waals surface area contributed by atoms with E-state index in [1.54, 1.807) is 6.92 Å². The first-order valence-electron chi connectivity index (χ1n) is 6.83. The van der Waals surface area contributed by atoms with Crippen molar-refractivity contribution in [1.29, 1.82) is 0 Å². The van der Waals surface area contributed by atoms with Crippen molar-refractivity contribution in [3.63, 3.8) is 0 Å². The quantitative estimate of drug-likeness (QED) is 0.882. The molecule has 2 rings (SSSR count). The van der Waals surface area contributed by atoms with Crippen LogP contribution in [0.2, 0.25) is 0 Å². The van der Waals surface area contributed by atoms with Crippen molar-refractivity contribution in [1.82, 2.24) is 15.5 Å². The smallest absolute Gasteiger partial charge is 0.225 e. The van der Waals surface area contributed by atoms with E-state index in [0.717, 1.165) is 25.7 Å². The van der Waals surface area contributed by atoms with Gasteiger partial charge in [0.1, 0.15) is 5.54 Å². The number of nitrogens with one attached hydrogen (secondary N) is 1. The van der Waals surface area contributed by atoms with Crippen molar-refractivity contribution in [2.75, 3.05) is 0 Å². The number of hydrogen-bond acceptors (Lipinski definition) is 5. The number of hydrogen-bond donors (Lipinski definition) is 2. The number of rotatable bonds is 4. The lowest BCUT2D eigenvalue weighted by Crippen LogP contribution is -2.49. The molecule has 0 aromatic carbocycles. The van der Waals surface area contributed by atoms with Crippen molar-refractivity contribution in [3.05, 3.63) is 11.7 Å². The third kappa shape index (κ3) is 3.30. The van der Waals surface area contributed by atoms with Gasteiger partial charge in [-0.05, 0) is 19.8 Å². The first-order chi connectivity index (χ1) is 8.94. The number of aryl methyl sites for hydroxylation is 1. The van der Waals surface area contributed by atoms with E-state index in [9.17, 15) is 4.79 Å². The van der Waals surface area contributed by atoms with Gasteiger partial charge in [0.2, 0.25) is 11.8 Å². The summed E-state index contributed by atoms with van der Waals surface area (Å²) in [5.41, 5.74) is 5.31. The number of carbonyl (C=O) groups excluding carboxylic acids is 1. The van der Waals surface area contributed by atoms with Crippen LogP contribution in [0.3, 0.4) is 0 Å². The van der Waals surface area contributed by atoms with Crippen molar-refractivity contribution in [3.8, 4) is 0 Å². The highest BCUT2D eigenvalue weighted by Gasteiger charge is 2.42. The molecule has 0 aliphatic heterocycles. The molecule has 1 aliphatic rings. The molecule has 1 aromatic rings. The van der Waals surface area contributed by atoms with Crippen LogP contribution in [0.4, 0.5) is 0 Å². The summed E-state index contributed by atoms with van der Waals surface area (Å²) in [5.74, 6) is 0.841. The molecule has 1 aromatic heterocycles. The lowest BCUT2D eigenvalue weighted by molar-refractivity contribution is -0.127. The number of aromatic nitrogens is 2. The van der Waals surface area contributed by atoms with E-state index in [0.29, 0.717) is 11.7 Å². The van der Waals surface area contributed by atoms with Gasteiger partial charge in [0.05, 0.1) is 0 Å². The summed E-state index contributed by atoms with van der Waals surface area (Å²) in [5, 5.41) is 7.09. The zero-order valence-electron chi connectivity index (χ0n) is 12.2. The molecule has 6 nitrogen and oxygen atoms in total. The number of carbonyl (C=O) groups is 1. The summed E-state index contributed by atoms with van der Waals surface area (Å²) in [6.45, 7) is 5.43. The van der Waals surface area contributed by atoms with Crippen molar-refractivity contribution < 1.29 is 9.32 Å². The number of halogens is 1. The number of amides is 1. The topological polar surface area (TPSA) is 94.0 Å². The molecule has 1 fully saturated rings. The monoisotopic (exact) mass is 302 g/mol. The molecule has 1 aliphatic carbocycles. The summed E-state index contributed by atoms with van der Waals surface area (Å²) in [7, 11) is 0. The van der Waals surface area contributed by atoms with Crippen LogP contribution in [0.15, 0.2) is 4.52 Å². The summed E-state index contributed by atoms with van der Waals surface area (Å²) in [6.07, 6.45) is 3.81. The summed E-state index contributed by atoms with van der Waals surface area (Å²) >= 11 is 0. The van der Waals surface area contributed by atoms with Crippen LogP contribution in [0.1, 0.15) is 51.2 Å². The van der Waals surface area contributed by atoms with Gasteiger partial charge in [-0.15, -0.1) is 12.4 Å². The molecule has 2 atom stereocenters. The van der Waals surface area contributed by atoms with Gasteiger partial charge < -0.3 is 15.6 Å². The van der Waals surface area contributed by atoms with Gasteiger partial charge in [0.15, 0.2) is 5.82 Å². The molecule has 1 saturated carbocycles. The lowest BCUT2D eigenvalue weighted by Gasteiger charge is -2.29. The van der Waals surface area contributed by atoms with E-state index in [-0.39, 0.29) is 30.3 Å². The summed E-state index contributed by atoms with van der Waals surface area (Å²) in [6, 6.07) is -0.176. The van der Waals surface area contributed by atoms with E-state index in [2.05, 4.69) is 15.5 Å². The van der Waals surface area contributed by atoms with Gasteiger partial charge in [-0.2, -0.15) is 4.98 Å². The predicted octanol–water partition coefficient (Wildman–Crippen LogP) is 1.67. The highest BCUT2D eigenvalue weighted by atomic mass is 35.5. The molecule has 20 heavy (non-hydrogen) atoms. The van der Waals surface area contributed by atoms with Crippen molar-refractivity contribution in [2.45, 2.75) is 58.0 Å². The molecule has 0 bridgehead atoms. The van der Waals surface area contributed by atoms with Gasteiger partial charge >= 0.3 is 0 Å². The second-order valence-electron chi connectivity index (χ2n) is 5.56. The molecule has 2 unspecified atom stereocenters. The predicted molar refractivity (Wildman–Crippen MR) is 77.4 cm³/mol. The first kappa shape index (κ1) is 16.9. The maximum atomic E-state index is 12.2. The maximum Gasteiger partial charge on any atom is 0.225 e. The van der Waals surface area contributed by atoms with Gasteiger partial charge in [-0.1, -0.05) is 24.9 Å². The summed E-state index contributed by atoms with van der Waals surface area (Å²) < 4.78 is 5.05. The van der Waals surface area contributed by atoms with E-state index >= 15 is 0 Å². The SMILES string of the molecule is Cc1nc(C2(NC(=O)C(C)C(C)N)CCCC2)no1.Cl. The van der Waals surface area contributed by atoms with E-state index in [4.69, 9.17) is 10.3 Å². The third-order valence-corrected chi connectivity index (χ3v) is 3.98. The fourth-order valence-electron chi connectivity index (χ4n) is 2.47. The average Bonchev–Trinajstić information content (AvgIpc) is 2.97. The molecule has 0 radical (unpaired) electrons. The Morgan fingerprint density at radius 2 is 2.00 bits per heavy atom. The van der Waals surface area contributed by atoms with Crippen LogP contribution in [-0.4, -0.2) is 22.1 Å². The zero-order valence-corrected chi connectivity index (χ0v) is 13.0. The third-order valence-electron chi connectivity index (χ3n) is 3.98. The average molecular weight is 303 g/mol. The Labute approximate surface area is 125 Å². The Kier molecular flexibility index (Phi) is 5.53. The molecule has 0 saturated heterocycles. The minimum atomic E-state index is -0.474. The van der Waals surface area contributed by atoms with Gasteiger partial charge in [0, 0.05) is 18.9 Å². The minimum absolute atomic E-state index is 0. The van der Waals surface area contributed by atoms with Crippen LogP contribution < -0.4 is 11.1 Å². The fraction of sp³-hybridized carbons (Fsp3) is 0.769. The molecule has 0 spiro atoms. The van der Waals surface area contributed by atoms with Crippen LogP contribution in [0.5, 0.6) is 0 Å². The molecule has 3 N–H and O–H groups in total. The maximum absolute atomic E-state index is 12.2. The second-order valence-corrected chi connectivity index (χ2v) is 5.56. The Morgan fingerprint density at radius 3 is 2.45 bits per heavy atom. The van der Waals surface area contributed by atoms with Crippen LogP contribution in [0, 0.1) is 12.8 Å². The number of nitrogens with two attached hydrogens (primary N) is 1. The van der Waals surface area contributed by atoms with Gasteiger partial charge in [0.25, 0.3) is 0 Å². The molecular weight excluding hydrogens is 280 g/mol. The van der Waals surface area contributed by atoms with Crippen molar-refractivity contribution in [2.24, 2.45) is 11.7 Å². The van der Waals surface area contributed by atoms with E-state index in [1.165, 1.54) is 0 Å². The largest absolute Gasteiger partial charge is 0.343 e. The normalized spacial score (nSPS) is 20.0. The zero-order chi connectivity index (χ0) is 14.0. The molecule has 114 valence electrons. The Balaban J connectivity index is 0.00000200. The second kappa shape index (κ2) is 6.54. The lowest BCUT2D eigenvalue weighted by atomic mass is 9.94. The summed E-state index contributed by atoms with van der Waals surface area (Å²) in [4.78, 5) is 16.5. The molecule has 7 heteroatoms. The van der Waals surface area contributed by atoms with E-state index in [1.807, 2.05) is 13.8 Å². The van der Waals surface area contributed by atoms with Crippen molar-refractivity contribution >= 4 is 18.3 Å². The molecular formula is C13H23ClN4O2. The minimum Gasteiger partial charge on any atom is -0.343 e. The molecule has 1 amide bonds.